The van der Waals surface area contributed by atoms with Gasteiger partial charge in [0.25, 0.3) is 0 Å². The summed E-state index contributed by atoms with van der Waals surface area (Å²) >= 11 is 0. The fourth-order valence-electron chi connectivity index (χ4n) is 4.48. The molecule has 1 fully saturated rings. The van der Waals surface area contributed by atoms with E-state index in [0.717, 1.165) is 60.1 Å². The fourth-order valence-corrected chi connectivity index (χ4v) is 4.48. The third kappa shape index (κ3) is 5.42. The number of nitrogens with one attached hydrogen (secondary N) is 1. The second kappa shape index (κ2) is 10.9. The van der Waals surface area contributed by atoms with Gasteiger partial charge in [0, 0.05) is 43.7 Å². The van der Waals surface area contributed by atoms with Gasteiger partial charge in [0.15, 0.2) is 0 Å². The number of halogens is 1. The van der Waals surface area contributed by atoms with Crippen LogP contribution < -0.4 is 10.2 Å². The van der Waals surface area contributed by atoms with Crippen molar-refractivity contribution in [2.75, 3.05) is 44.9 Å². The van der Waals surface area contributed by atoms with Crippen molar-refractivity contribution in [2.24, 2.45) is 4.99 Å². The number of carbonyl (C=O) groups excluding carboxylic acids is 1. The van der Waals surface area contributed by atoms with Crippen LogP contribution in [-0.2, 0) is 27.2 Å². The number of pyridine rings is 2. The summed E-state index contributed by atoms with van der Waals surface area (Å²) in [6.45, 7) is 3.93. The summed E-state index contributed by atoms with van der Waals surface area (Å²) in [5.74, 6) is 0.428. The molecule has 1 N–H and O–H groups in total. The molecule has 1 aromatic carbocycles. The molecule has 2 aliphatic heterocycles. The lowest BCUT2D eigenvalue weighted by atomic mass is 10.0. The molecule has 8 nitrogen and oxygen atoms in total. The molecule has 36 heavy (non-hydrogen) atoms. The van der Waals surface area contributed by atoms with Crippen molar-refractivity contribution in [1.82, 2.24) is 15.3 Å². The Labute approximate surface area is 209 Å². The van der Waals surface area contributed by atoms with E-state index in [1.54, 1.807) is 25.4 Å². The number of aliphatic imine (C=N–C) groups is 1. The highest BCUT2D eigenvalue weighted by atomic mass is 19.1. The van der Waals surface area contributed by atoms with Crippen LogP contribution in [0.1, 0.15) is 34.0 Å². The predicted molar refractivity (Wildman–Crippen MR) is 134 cm³/mol. The molecular formula is C27H28FN5O3. The topological polar surface area (TPSA) is 88.9 Å². The average Bonchev–Trinajstić information content (AvgIpc) is 3.33. The number of aromatic nitrogens is 2. The smallest absolute Gasteiger partial charge is 0.226 e. The molecule has 1 saturated heterocycles. The quantitative estimate of drug-likeness (QED) is 0.524. The molecule has 0 saturated carbocycles. The van der Waals surface area contributed by atoms with Crippen molar-refractivity contribution >= 4 is 17.4 Å². The van der Waals surface area contributed by atoms with Crippen LogP contribution in [0.4, 0.5) is 10.2 Å². The van der Waals surface area contributed by atoms with Crippen LogP contribution in [0.15, 0.2) is 59.9 Å². The highest BCUT2D eigenvalue weighted by molar-refractivity contribution is 6.14. The minimum Gasteiger partial charge on any atom is -0.382 e. The lowest BCUT2D eigenvalue weighted by Crippen LogP contribution is -2.36. The van der Waals surface area contributed by atoms with Crippen LogP contribution in [0.25, 0.3) is 0 Å². The van der Waals surface area contributed by atoms with E-state index in [1.807, 2.05) is 24.4 Å². The zero-order valence-corrected chi connectivity index (χ0v) is 20.1. The second-order valence-corrected chi connectivity index (χ2v) is 8.81. The average molecular weight is 490 g/mol. The number of hydrogen-bond acceptors (Lipinski definition) is 7. The van der Waals surface area contributed by atoms with Crippen molar-refractivity contribution in [3.05, 3.63) is 88.6 Å². The van der Waals surface area contributed by atoms with Crippen molar-refractivity contribution < 1.29 is 18.7 Å². The van der Waals surface area contributed by atoms with Gasteiger partial charge in [0.1, 0.15) is 11.6 Å². The van der Waals surface area contributed by atoms with Crippen molar-refractivity contribution in [2.45, 2.75) is 19.0 Å². The molecule has 186 valence electrons. The number of hydrogen-bond donors (Lipinski definition) is 1. The molecule has 2 aromatic heterocycles. The fraction of sp³-hybridized carbons (Fsp3) is 0.333. The van der Waals surface area contributed by atoms with Gasteiger partial charge in [0.05, 0.1) is 50.2 Å². The van der Waals surface area contributed by atoms with Gasteiger partial charge in [-0.15, -0.1) is 0 Å². The van der Waals surface area contributed by atoms with E-state index in [9.17, 15) is 9.18 Å². The first kappa shape index (κ1) is 24.0. The number of anilines is 1. The molecule has 1 amide bonds. The summed E-state index contributed by atoms with van der Waals surface area (Å²) in [6, 6.07) is 11.7. The highest BCUT2D eigenvalue weighted by Crippen LogP contribution is 2.24. The summed E-state index contributed by atoms with van der Waals surface area (Å²) in [4.78, 5) is 28.8. The van der Waals surface area contributed by atoms with Crippen LogP contribution in [-0.4, -0.2) is 61.6 Å². The maximum absolute atomic E-state index is 13.3. The third-order valence-corrected chi connectivity index (χ3v) is 6.35. The van der Waals surface area contributed by atoms with Gasteiger partial charge in [0.2, 0.25) is 5.91 Å². The lowest BCUT2D eigenvalue weighted by molar-refractivity contribution is -0.121. The molecule has 0 unspecified atom stereocenters. The molecule has 5 rings (SSSR count). The number of fused-ring (bicyclic) bond motifs is 1. The predicted octanol–water partition coefficient (Wildman–Crippen LogP) is 2.85. The number of ether oxygens (including phenoxy) is 2. The molecule has 0 bridgehead atoms. The Balaban J connectivity index is 1.24. The number of benzene rings is 1. The van der Waals surface area contributed by atoms with Crippen LogP contribution in [0.5, 0.6) is 0 Å². The van der Waals surface area contributed by atoms with E-state index in [0.29, 0.717) is 12.2 Å². The van der Waals surface area contributed by atoms with E-state index in [1.165, 1.54) is 12.1 Å². The molecule has 3 aromatic rings. The third-order valence-electron chi connectivity index (χ3n) is 6.35. The van der Waals surface area contributed by atoms with E-state index in [4.69, 9.17) is 14.5 Å². The zero-order chi connectivity index (χ0) is 24.9. The van der Waals surface area contributed by atoms with Crippen LogP contribution in [0, 0.1) is 5.82 Å². The Bertz CT molecular complexity index is 1240. The summed E-state index contributed by atoms with van der Waals surface area (Å²) in [6.07, 6.45) is 3.76. The molecule has 0 aliphatic carbocycles. The Kier molecular flexibility index (Phi) is 7.29. The summed E-state index contributed by atoms with van der Waals surface area (Å²) < 4.78 is 23.9. The van der Waals surface area contributed by atoms with Gasteiger partial charge >= 0.3 is 0 Å². The molecular weight excluding hydrogens is 461 g/mol. The normalized spacial score (nSPS) is 15.8. The molecule has 4 heterocycles. The molecule has 0 radical (unpaired) electrons. The van der Waals surface area contributed by atoms with Crippen molar-refractivity contribution in [3.63, 3.8) is 0 Å². The minimum absolute atomic E-state index is 0.125. The SMILES string of the molecule is COC[C@@H](NC(=O)Cc1cc2c(cn1)C(c1ccc(N3CCOCC3)nc1)=NC2)c1ccc(F)cc1. The summed E-state index contributed by atoms with van der Waals surface area (Å²) in [7, 11) is 1.56. The first-order chi connectivity index (χ1) is 17.6. The first-order valence-corrected chi connectivity index (χ1v) is 12.0. The number of nitrogens with zero attached hydrogens (tertiary/aromatic N) is 4. The van der Waals surface area contributed by atoms with Gasteiger partial charge in [-0.25, -0.2) is 9.37 Å². The van der Waals surface area contributed by atoms with Crippen molar-refractivity contribution in [3.8, 4) is 0 Å². The van der Waals surface area contributed by atoms with Gasteiger partial charge in [-0.1, -0.05) is 12.1 Å². The summed E-state index contributed by atoms with van der Waals surface area (Å²) in [5.41, 5.74) is 5.25. The van der Waals surface area contributed by atoms with Gasteiger partial charge in [-0.3, -0.25) is 14.8 Å². The largest absolute Gasteiger partial charge is 0.382 e. The van der Waals surface area contributed by atoms with Gasteiger partial charge in [-0.2, -0.15) is 0 Å². The number of amides is 1. The Hall–Kier alpha value is -3.69. The van der Waals surface area contributed by atoms with E-state index < -0.39 is 0 Å². The maximum atomic E-state index is 13.3. The zero-order valence-electron chi connectivity index (χ0n) is 20.1. The van der Waals surface area contributed by atoms with E-state index in [2.05, 4.69) is 20.2 Å². The minimum atomic E-state index is -0.375. The Morgan fingerprint density at radius 1 is 1.14 bits per heavy atom. The maximum Gasteiger partial charge on any atom is 0.226 e. The standard InChI is InChI=1S/C27H28FN5O3/c1-35-17-24(18-2-5-21(28)6-3-18)32-26(34)13-22-12-20-15-31-27(23(20)16-29-22)19-4-7-25(30-14-19)33-8-10-36-11-9-33/h2-7,12,14,16,24H,8-11,13,15,17H2,1H3,(H,32,34)/t24-/m1/s1. The lowest BCUT2D eigenvalue weighted by Gasteiger charge is -2.27. The second-order valence-electron chi connectivity index (χ2n) is 8.81. The van der Waals surface area contributed by atoms with Crippen molar-refractivity contribution in [1.29, 1.82) is 0 Å². The van der Waals surface area contributed by atoms with Gasteiger partial charge in [-0.05, 0) is 41.5 Å². The Morgan fingerprint density at radius 2 is 1.94 bits per heavy atom. The van der Waals surface area contributed by atoms with Crippen LogP contribution in [0.3, 0.4) is 0 Å². The van der Waals surface area contributed by atoms with Crippen LogP contribution in [0.2, 0.25) is 0 Å². The molecule has 0 spiro atoms. The van der Waals surface area contributed by atoms with Crippen LogP contribution >= 0.6 is 0 Å². The molecule has 1 atom stereocenters. The highest BCUT2D eigenvalue weighted by Gasteiger charge is 2.21. The number of carbonyl (C=O) groups is 1. The number of methoxy groups -OCH3 is 1. The summed E-state index contributed by atoms with van der Waals surface area (Å²) in [5, 5.41) is 2.96. The van der Waals surface area contributed by atoms with E-state index >= 15 is 0 Å². The number of morpholine rings is 1. The first-order valence-electron chi connectivity index (χ1n) is 12.0. The Morgan fingerprint density at radius 3 is 2.67 bits per heavy atom. The van der Waals surface area contributed by atoms with E-state index in [-0.39, 0.29) is 30.8 Å². The molecule has 9 heteroatoms. The number of rotatable bonds is 8. The molecule has 2 aliphatic rings. The monoisotopic (exact) mass is 489 g/mol. The van der Waals surface area contributed by atoms with Gasteiger partial charge < -0.3 is 19.7 Å².